The number of rotatable bonds is 5. The number of likely N-dealkylation sites (tertiary alicyclic amines) is 1. The molecule has 29 heavy (non-hydrogen) atoms. The average Bonchev–Trinajstić information content (AvgIpc) is 3.07. The van der Waals surface area contributed by atoms with E-state index < -0.39 is 6.03 Å². The molecule has 1 aromatic heterocycles. The van der Waals surface area contributed by atoms with Crippen LogP contribution < -0.4 is 11.1 Å². The number of urea groups is 1. The highest BCUT2D eigenvalue weighted by Gasteiger charge is 2.24. The van der Waals surface area contributed by atoms with Gasteiger partial charge in [0.15, 0.2) is 0 Å². The zero-order valence-corrected chi connectivity index (χ0v) is 16.8. The number of benzene rings is 2. The topological polar surface area (TPSA) is 63.3 Å². The average molecular weight is 415 g/mol. The summed E-state index contributed by atoms with van der Waals surface area (Å²) in [6.07, 6.45) is 4.24. The summed E-state index contributed by atoms with van der Waals surface area (Å²) >= 11 is 6.30. The van der Waals surface area contributed by atoms with Crippen LogP contribution in [0.4, 0.5) is 9.18 Å². The number of piperidine rings is 1. The lowest BCUT2D eigenvalue weighted by atomic mass is 9.89. The Hall–Kier alpha value is -2.57. The van der Waals surface area contributed by atoms with Crippen LogP contribution in [0.5, 0.6) is 0 Å². The number of primary amides is 1. The zero-order valence-electron chi connectivity index (χ0n) is 16.1. The highest BCUT2D eigenvalue weighted by atomic mass is 35.5. The lowest BCUT2D eigenvalue weighted by molar-refractivity contribution is 0.211. The Morgan fingerprint density at radius 2 is 1.90 bits per heavy atom. The van der Waals surface area contributed by atoms with Crippen molar-refractivity contribution in [1.82, 2.24) is 14.8 Å². The van der Waals surface area contributed by atoms with Crippen molar-refractivity contribution in [2.75, 3.05) is 26.2 Å². The Bertz CT molecular complexity index is 1010. The summed E-state index contributed by atoms with van der Waals surface area (Å²) in [4.78, 5) is 13.2. The Labute approximate surface area is 174 Å². The van der Waals surface area contributed by atoms with Gasteiger partial charge in [-0.1, -0.05) is 11.6 Å². The number of hydrogen-bond donors (Lipinski definition) is 2. The third kappa shape index (κ3) is 4.38. The van der Waals surface area contributed by atoms with Crippen LogP contribution in [0, 0.1) is 5.82 Å². The fraction of sp³-hybridized carbons (Fsp3) is 0.318. The first-order chi connectivity index (χ1) is 14.0. The van der Waals surface area contributed by atoms with E-state index in [1.54, 1.807) is 12.1 Å². The highest BCUT2D eigenvalue weighted by Crippen LogP contribution is 2.36. The molecule has 152 valence electrons. The van der Waals surface area contributed by atoms with Crippen molar-refractivity contribution in [3.63, 3.8) is 0 Å². The van der Waals surface area contributed by atoms with Gasteiger partial charge in [-0.15, -0.1) is 0 Å². The molecule has 4 rings (SSSR count). The molecular formula is C22H24ClFN4O. The first-order valence-electron chi connectivity index (χ1n) is 9.83. The van der Waals surface area contributed by atoms with Crippen molar-refractivity contribution in [2.45, 2.75) is 18.8 Å². The van der Waals surface area contributed by atoms with Gasteiger partial charge in [0.25, 0.3) is 0 Å². The molecular weight excluding hydrogens is 391 g/mol. The molecule has 3 aromatic rings. The van der Waals surface area contributed by atoms with Crippen molar-refractivity contribution in [1.29, 1.82) is 0 Å². The number of aromatic nitrogens is 1. The molecule has 1 saturated heterocycles. The van der Waals surface area contributed by atoms with E-state index in [2.05, 4.69) is 21.0 Å². The van der Waals surface area contributed by atoms with E-state index in [0.717, 1.165) is 49.1 Å². The smallest absolute Gasteiger partial charge is 0.312 e. The molecule has 0 radical (unpaired) electrons. The SMILES string of the molecule is NC(=O)NCCN1CCC(c2cn(-c3ccc(F)cc3)c3ccc(Cl)cc23)CC1. The molecule has 0 unspecified atom stereocenters. The Morgan fingerprint density at radius 1 is 1.17 bits per heavy atom. The van der Waals surface area contributed by atoms with Crippen LogP contribution >= 0.6 is 11.6 Å². The maximum absolute atomic E-state index is 13.4. The van der Waals surface area contributed by atoms with Gasteiger partial charge in [0, 0.05) is 35.4 Å². The highest BCUT2D eigenvalue weighted by molar-refractivity contribution is 6.31. The van der Waals surface area contributed by atoms with Crippen LogP contribution in [0.3, 0.4) is 0 Å². The summed E-state index contributed by atoms with van der Waals surface area (Å²) in [6, 6.07) is 12.0. The number of hydrogen-bond acceptors (Lipinski definition) is 2. The van der Waals surface area contributed by atoms with Gasteiger partial charge in [0.1, 0.15) is 5.82 Å². The Kier molecular flexibility index (Phi) is 5.74. The minimum Gasteiger partial charge on any atom is -0.352 e. The number of fused-ring (bicyclic) bond motifs is 1. The second-order valence-electron chi connectivity index (χ2n) is 7.50. The Balaban J connectivity index is 1.57. The molecule has 0 aliphatic carbocycles. The third-order valence-corrected chi connectivity index (χ3v) is 5.89. The number of carbonyl (C=O) groups excluding carboxylic acids is 1. The van der Waals surface area contributed by atoms with Crippen molar-refractivity contribution >= 4 is 28.5 Å². The summed E-state index contributed by atoms with van der Waals surface area (Å²) in [7, 11) is 0. The minimum absolute atomic E-state index is 0.244. The molecule has 5 nitrogen and oxygen atoms in total. The maximum atomic E-state index is 13.4. The molecule has 3 N–H and O–H groups in total. The van der Waals surface area contributed by atoms with Gasteiger partial charge in [-0.25, -0.2) is 9.18 Å². The summed E-state index contributed by atoms with van der Waals surface area (Å²) in [5, 5.41) is 4.51. The number of carbonyl (C=O) groups is 1. The van der Waals surface area contributed by atoms with Gasteiger partial charge in [0.2, 0.25) is 0 Å². The largest absolute Gasteiger partial charge is 0.352 e. The number of nitrogens with two attached hydrogens (primary N) is 1. The quantitative estimate of drug-likeness (QED) is 0.654. The first-order valence-corrected chi connectivity index (χ1v) is 10.2. The second kappa shape index (κ2) is 8.43. The molecule has 0 atom stereocenters. The van der Waals surface area contributed by atoms with E-state index in [0.29, 0.717) is 17.5 Å². The van der Waals surface area contributed by atoms with Crippen molar-refractivity contribution in [2.24, 2.45) is 5.73 Å². The number of halogens is 2. The summed E-state index contributed by atoms with van der Waals surface area (Å²) in [5.74, 6) is 0.185. The minimum atomic E-state index is -0.481. The molecule has 0 bridgehead atoms. The van der Waals surface area contributed by atoms with Gasteiger partial charge in [-0.05, 0) is 79.9 Å². The maximum Gasteiger partial charge on any atom is 0.312 e. The molecule has 1 aliphatic rings. The lowest BCUT2D eigenvalue weighted by Crippen LogP contribution is -2.40. The number of nitrogens with one attached hydrogen (secondary N) is 1. The van der Waals surface area contributed by atoms with Crippen molar-refractivity contribution < 1.29 is 9.18 Å². The zero-order chi connectivity index (χ0) is 20.4. The fourth-order valence-corrected chi connectivity index (χ4v) is 4.35. The predicted molar refractivity (Wildman–Crippen MR) is 114 cm³/mol. The van der Waals surface area contributed by atoms with E-state index in [9.17, 15) is 9.18 Å². The summed E-state index contributed by atoms with van der Waals surface area (Å²) < 4.78 is 15.5. The van der Waals surface area contributed by atoms with Crippen LogP contribution in [0.1, 0.15) is 24.3 Å². The standard InChI is InChI=1S/C22H24ClFN4O/c23-16-1-6-21-19(13-16)20(14-28(21)18-4-2-17(24)3-5-18)15-7-10-27(11-8-15)12-9-26-22(25)29/h1-6,13-15H,7-12H2,(H3,25,26,29). The monoisotopic (exact) mass is 414 g/mol. The van der Waals surface area contributed by atoms with Crippen LogP contribution in [-0.4, -0.2) is 41.7 Å². The predicted octanol–water partition coefficient (Wildman–Crippen LogP) is 4.27. The number of nitrogens with zero attached hydrogens (tertiary/aromatic N) is 2. The fourth-order valence-electron chi connectivity index (χ4n) is 4.17. The normalized spacial score (nSPS) is 15.7. The van der Waals surface area contributed by atoms with Gasteiger partial charge in [-0.2, -0.15) is 0 Å². The van der Waals surface area contributed by atoms with E-state index in [4.69, 9.17) is 17.3 Å². The van der Waals surface area contributed by atoms with Gasteiger partial charge >= 0.3 is 6.03 Å². The van der Waals surface area contributed by atoms with E-state index in [1.807, 2.05) is 18.2 Å². The van der Waals surface area contributed by atoms with Crippen LogP contribution in [0.2, 0.25) is 5.02 Å². The van der Waals surface area contributed by atoms with Crippen molar-refractivity contribution in [3.8, 4) is 5.69 Å². The number of amides is 2. The van der Waals surface area contributed by atoms with Gasteiger partial charge < -0.3 is 20.5 Å². The van der Waals surface area contributed by atoms with Gasteiger partial charge in [-0.3, -0.25) is 0 Å². The molecule has 0 saturated carbocycles. The molecule has 0 spiro atoms. The van der Waals surface area contributed by atoms with Crippen LogP contribution in [0.15, 0.2) is 48.7 Å². The molecule has 7 heteroatoms. The van der Waals surface area contributed by atoms with Gasteiger partial charge in [0.05, 0.1) is 5.52 Å². The third-order valence-electron chi connectivity index (χ3n) is 5.66. The molecule has 1 aliphatic heterocycles. The Morgan fingerprint density at radius 3 is 2.59 bits per heavy atom. The second-order valence-corrected chi connectivity index (χ2v) is 7.94. The van der Waals surface area contributed by atoms with Crippen LogP contribution in [-0.2, 0) is 0 Å². The molecule has 2 heterocycles. The molecule has 2 aromatic carbocycles. The summed E-state index contributed by atoms with van der Waals surface area (Å²) in [5.41, 5.74) is 8.41. The van der Waals surface area contributed by atoms with E-state index in [1.165, 1.54) is 17.7 Å². The first kappa shape index (κ1) is 19.7. The summed E-state index contributed by atoms with van der Waals surface area (Å²) in [6.45, 7) is 3.31. The van der Waals surface area contributed by atoms with E-state index in [-0.39, 0.29) is 5.82 Å². The van der Waals surface area contributed by atoms with E-state index >= 15 is 0 Å². The lowest BCUT2D eigenvalue weighted by Gasteiger charge is -2.31. The van der Waals surface area contributed by atoms with Crippen molar-refractivity contribution in [3.05, 3.63) is 65.1 Å². The molecule has 1 fully saturated rings. The molecule has 2 amide bonds. The van der Waals surface area contributed by atoms with Crippen LogP contribution in [0.25, 0.3) is 16.6 Å².